The number of carbonyl (C=O) groups is 1. The lowest BCUT2D eigenvalue weighted by Gasteiger charge is -2.06. The van der Waals surface area contributed by atoms with E-state index in [1.54, 1.807) is 31.3 Å². The number of nitrogens with two attached hydrogens (primary N) is 1. The lowest BCUT2D eigenvalue weighted by atomic mass is 10.2. The Bertz CT molecular complexity index is 586. The second-order valence-corrected chi connectivity index (χ2v) is 3.85. The average Bonchev–Trinajstić information content (AvgIpc) is 2.45. The molecule has 4 N–H and O–H groups in total. The molecule has 0 aliphatic rings. The highest BCUT2D eigenvalue weighted by Gasteiger charge is 2.06. The van der Waals surface area contributed by atoms with E-state index >= 15 is 0 Å². The Morgan fingerprint density at radius 3 is 2.84 bits per heavy atom. The Hall–Kier alpha value is -2.54. The number of pyridine rings is 1. The third kappa shape index (κ3) is 3.46. The summed E-state index contributed by atoms with van der Waals surface area (Å²) in [5.74, 6) is 6.13. The molecule has 1 amide bonds. The molecule has 0 saturated carbocycles. The molecule has 0 saturated heterocycles. The molecular formula is C12H14N6O. The third-order valence-electron chi connectivity index (χ3n) is 2.43. The van der Waals surface area contributed by atoms with Gasteiger partial charge >= 0.3 is 0 Å². The summed E-state index contributed by atoms with van der Waals surface area (Å²) in [6.07, 6.45) is 3.17. The molecule has 7 nitrogen and oxygen atoms in total. The fourth-order valence-electron chi connectivity index (χ4n) is 1.53. The van der Waals surface area contributed by atoms with E-state index in [4.69, 9.17) is 5.84 Å². The van der Waals surface area contributed by atoms with Gasteiger partial charge in [-0.15, -0.1) is 0 Å². The second-order valence-electron chi connectivity index (χ2n) is 3.85. The summed E-state index contributed by atoms with van der Waals surface area (Å²) in [6, 6.07) is 4.94. The maximum Gasteiger partial charge on any atom is 0.251 e. The molecule has 98 valence electrons. The van der Waals surface area contributed by atoms with Crippen LogP contribution in [0.2, 0.25) is 0 Å². The SMILES string of the molecule is Cc1nccc(CNC(=O)c2ccnc(NN)c2)n1. The number of hydrogen-bond acceptors (Lipinski definition) is 6. The number of nitrogens with one attached hydrogen (secondary N) is 2. The molecule has 19 heavy (non-hydrogen) atoms. The summed E-state index contributed by atoms with van der Waals surface area (Å²) in [7, 11) is 0. The molecule has 7 heteroatoms. The predicted molar refractivity (Wildman–Crippen MR) is 70.0 cm³/mol. The quantitative estimate of drug-likeness (QED) is 0.541. The van der Waals surface area contributed by atoms with Gasteiger partial charge in [0.05, 0.1) is 12.2 Å². The van der Waals surface area contributed by atoms with Crippen molar-refractivity contribution in [1.82, 2.24) is 20.3 Å². The second kappa shape index (κ2) is 5.87. The summed E-state index contributed by atoms with van der Waals surface area (Å²) in [6.45, 7) is 2.14. The van der Waals surface area contributed by atoms with Crippen LogP contribution in [0, 0.1) is 6.92 Å². The molecule has 0 spiro atoms. The van der Waals surface area contributed by atoms with E-state index in [0.29, 0.717) is 23.8 Å². The zero-order chi connectivity index (χ0) is 13.7. The summed E-state index contributed by atoms with van der Waals surface area (Å²) in [5, 5.41) is 2.77. The number of aryl methyl sites for hydroxylation is 1. The van der Waals surface area contributed by atoms with Crippen LogP contribution in [0.5, 0.6) is 0 Å². The van der Waals surface area contributed by atoms with Gasteiger partial charge in [-0.1, -0.05) is 0 Å². The highest BCUT2D eigenvalue weighted by molar-refractivity contribution is 5.94. The van der Waals surface area contributed by atoms with E-state index in [1.807, 2.05) is 0 Å². The van der Waals surface area contributed by atoms with E-state index in [9.17, 15) is 4.79 Å². The van der Waals surface area contributed by atoms with Crippen LogP contribution in [0.15, 0.2) is 30.6 Å². The van der Waals surface area contributed by atoms with Crippen LogP contribution in [-0.4, -0.2) is 20.9 Å². The molecule has 0 unspecified atom stereocenters. The van der Waals surface area contributed by atoms with Gasteiger partial charge < -0.3 is 10.7 Å². The first-order chi connectivity index (χ1) is 9.19. The highest BCUT2D eigenvalue weighted by Crippen LogP contribution is 2.05. The summed E-state index contributed by atoms with van der Waals surface area (Å²) in [5.41, 5.74) is 3.63. The fraction of sp³-hybridized carbons (Fsp3) is 0.167. The number of rotatable bonds is 4. The number of nitrogen functional groups attached to an aromatic ring is 1. The molecule has 0 radical (unpaired) electrons. The van der Waals surface area contributed by atoms with E-state index in [1.165, 1.54) is 6.20 Å². The topological polar surface area (TPSA) is 106 Å². The number of hydrogen-bond donors (Lipinski definition) is 3. The van der Waals surface area contributed by atoms with Gasteiger partial charge in [0.2, 0.25) is 0 Å². The number of carbonyl (C=O) groups excluding carboxylic acids is 1. The van der Waals surface area contributed by atoms with Crippen LogP contribution in [0.3, 0.4) is 0 Å². The molecule has 0 fully saturated rings. The van der Waals surface area contributed by atoms with Crippen LogP contribution in [-0.2, 0) is 6.54 Å². The van der Waals surface area contributed by atoms with Gasteiger partial charge in [0.15, 0.2) is 0 Å². The Morgan fingerprint density at radius 1 is 1.32 bits per heavy atom. The van der Waals surface area contributed by atoms with Crippen molar-refractivity contribution in [2.24, 2.45) is 5.84 Å². The minimum Gasteiger partial charge on any atom is -0.346 e. The van der Waals surface area contributed by atoms with Crippen molar-refractivity contribution in [3.05, 3.63) is 47.7 Å². The first kappa shape index (κ1) is 12.9. The van der Waals surface area contributed by atoms with Gasteiger partial charge in [-0.2, -0.15) is 0 Å². The third-order valence-corrected chi connectivity index (χ3v) is 2.43. The van der Waals surface area contributed by atoms with Gasteiger partial charge in [0.25, 0.3) is 5.91 Å². The normalized spacial score (nSPS) is 10.0. The lowest BCUT2D eigenvalue weighted by Crippen LogP contribution is -2.24. The predicted octanol–water partition coefficient (Wildman–Crippen LogP) is 0.396. The molecule has 2 aromatic rings. The van der Waals surface area contributed by atoms with Gasteiger partial charge in [-0.3, -0.25) is 4.79 Å². The number of amides is 1. The molecule has 0 atom stereocenters. The van der Waals surface area contributed by atoms with Crippen molar-refractivity contribution in [1.29, 1.82) is 0 Å². The standard InChI is InChI=1S/C12H14N6O/c1-8-14-5-3-10(17-8)7-16-12(19)9-2-4-15-11(6-9)18-13/h2-6H,7,13H2,1H3,(H,15,18)(H,16,19). The number of nitrogens with zero attached hydrogens (tertiary/aromatic N) is 3. The fourth-order valence-corrected chi connectivity index (χ4v) is 1.53. The molecule has 0 aromatic carbocycles. The van der Waals surface area contributed by atoms with E-state index in [0.717, 1.165) is 5.69 Å². The Morgan fingerprint density at radius 2 is 2.11 bits per heavy atom. The zero-order valence-corrected chi connectivity index (χ0v) is 10.4. The van der Waals surface area contributed by atoms with Crippen molar-refractivity contribution in [2.75, 3.05) is 5.43 Å². The first-order valence-electron chi connectivity index (χ1n) is 5.68. The minimum absolute atomic E-state index is 0.213. The van der Waals surface area contributed by atoms with Crippen molar-refractivity contribution in [3.63, 3.8) is 0 Å². The molecule has 2 heterocycles. The minimum atomic E-state index is -0.213. The van der Waals surface area contributed by atoms with Crippen LogP contribution in [0.1, 0.15) is 21.9 Å². The van der Waals surface area contributed by atoms with Gasteiger partial charge in [0, 0.05) is 18.0 Å². The lowest BCUT2D eigenvalue weighted by molar-refractivity contribution is 0.0950. The summed E-state index contributed by atoms with van der Waals surface area (Å²) < 4.78 is 0. The zero-order valence-electron chi connectivity index (χ0n) is 10.4. The maximum absolute atomic E-state index is 11.9. The maximum atomic E-state index is 11.9. The molecular weight excluding hydrogens is 244 g/mol. The largest absolute Gasteiger partial charge is 0.346 e. The van der Waals surface area contributed by atoms with E-state index < -0.39 is 0 Å². The Kier molecular flexibility index (Phi) is 3.99. The van der Waals surface area contributed by atoms with Gasteiger partial charge in [0.1, 0.15) is 11.6 Å². The van der Waals surface area contributed by atoms with Gasteiger partial charge in [-0.25, -0.2) is 20.8 Å². The molecule has 2 rings (SSSR count). The van der Waals surface area contributed by atoms with Crippen LogP contribution < -0.4 is 16.6 Å². The van der Waals surface area contributed by atoms with E-state index in [2.05, 4.69) is 25.7 Å². The molecule has 0 bridgehead atoms. The average molecular weight is 258 g/mol. The monoisotopic (exact) mass is 258 g/mol. The van der Waals surface area contributed by atoms with Crippen LogP contribution >= 0.6 is 0 Å². The smallest absolute Gasteiger partial charge is 0.251 e. The van der Waals surface area contributed by atoms with Crippen molar-refractivity contribution in [3.8, 4) is 0 Å². The first-order valence-corrected chi connectivity index (χ1v) is 5.68. The van der Waals surface area contributed by atoms with Crippen molar-refractivity contribution >= 4 is 11.7 Å². The number of hydrazine groups is 1. The molecule has 0 aliphatic heterocycles. The van der Waals surface area contributed by atoms with Crippen molar-refractivity contribution < 1.29 is 4.79 Å². The van der Waals surface area contributed by atoms with Crippen LogP contribution in [0.4, 0.5) is 5.82 Å². The van der Waals surface area contributed by atoms with Gasteiger partial charge in [-0.05, 0) is 25.1 Å². The van der Waals surface area contributed by atoms with E-state index in [-0.39, 0.29) is 5.91 Å². The summed E-state index contributed by atoms with van der Waals surface area (Å²) in [4.78, 5) is 24.0. The van der Waals surface area contributed by atoms with Crippen molar-refractivity contribution in [2.45, 2.75) is 13.5 Å². The summed E-state index contributed by atoms with van der Waals surface area (Å²) >= 11 is 0. The Labute approximate surface area is 110 Å². The Balaban J connectivity index is 2.01. The molecule has 0 aliphatic carbocycles. The van der Waals surface area contributed by atoms with Crippen LogP contribution in [0.25, 0.3) is 0 Å². The number of aromatic nitrogens is 3. The molecule has 2 aromatic heterocycles. The highest BCUT2D eigenvalue weighted by atomic mass is 16.1. The number of anilines is 1.